The molecule has 3 aromatic rings. The highest BCUT2D eigenvalue weighted by Crippen LogP contribution is 2.43. The van der Waals surface area contributed by atoms with Gasteiger partial charge in [0.05, 0.1) is 12.2 Å². The van der Waals surface area contributed by atoms with Crippen LogP contribution in [0, 0.1) is 0 Å². The summed E-state index contributed by atoms with van der Waals surface area (Å²) in [5.41, 5.74) is 8.22. The molecule has 3 N–H and O–H groups in total. The van der Waals surface area contributed by atoms with Gasteiger partial charge < -0.3 is 15.8 Å². The third-order valence-electron chi connectivity index (χ3n) is 5.65. The molecule has 0 fully saturated rings. The molecule has 0 bridgehead atoms. The number of ether oxygens (including phenoxy) is 1. The molecule has 9 heteroatoms. The maximum Gasteiger partial charge on any atom is 0.416 e. The molecule has 1 aromatic heterocycles. The molecule has 33 heavy (non-hydrogen) atoms. The molecule has 1 atom stereocenters. The van der Waals surface area contributed by atoms with Crippen LogP contribution in [0.4, 0.5) is 18.3 Å². The molecule has 0 saturated heterocycles. The summed E-state index contributed by atoms with van der Waals surface area (Å²) in [7, 11) is 0. The normalized spacial score (nSPS) is 17.8. The predicted molar refractivity (Wildman–Crippen MR) is 129 cm³/mol. The summed E-state index contributed by atoms with van der Waals surface area (Å²) in [5.74, 6) is 0.777. The van der Waals surface area contributed by atoms with E-state index < -0.39 is 11.7 Å². The number of nitrogens with zero attached hydrogens (tertiary/aromatic N) is 1. The van der Waals surface area contributed by atoms with Gasteiger partial charge in [-0.15, -0.1) is 24.0 Å². The number of benzene rings is 2. The molecule has 0 radical (unpaired) electrons. The van der Waals surface area contributed by atoms with Crippen molar-refractivity contribution in [2.45, 2.75) is 29.8 Å². The average Bonchev–Trinajstić information content (AvgIpc) is 3.29. The lowest BCUT2D eigenvalue weighted by Crippen LogP contribution is -2.22. The Morgan fingerprint density at radius 3 is 2.61 bits per heavy atom. The predicted octanol–water partition coefficient (Wildman–Crippen LogP) is 6.01. The molecular weight excluding hydrogens is 467 g/mol. The molecule has 0 amide bonds. The number of thiol groups is 1. The number of aromatic nitrogens is 1. The molecule has 1 unspecified atom stereocenters. The Bertz CT molecular complexity index is 1130. The van der Waals surface area contributed by atoms with Crippen molar-refractivity contribution >= 4 is 34.7 Å². The number of hydrogen-bond donors (Lipinski definition) is 3. The quantitative estimate of drug-likeness (QED) is 0.384. The summed E-state index contributed by atoms with van der Waals surface area (Å²) < 4.78 is 45.8. The van der Waals surface area contributed by atoms with E-state index in [2.05, 4.69) is 22.9 Å². The zero-order valence-electron chi connectivity index (χ0n) is 17.7. The van der Waals surface area contributed by atoms with Crippen molar-refractivity contribution in [3.63, 3.8) is 0 Å². The maximum absolute atomic E-state index is 13.3. The fourth-order valence-electron chi connectivity index (χ4n) is 4.12. The highest BCUT2D eigenvalue weighted by Gasteiger charge is 2.33. The van der Waals surface area contributed by atoms with E-state index in [9.17, 15) is 13.2 Å². The van der Waals surface area contributed by atoms with Gasteiger partial charge in [-0.25, -0.2) is 4.98 Å². The molecular formula is C24H24F3N3OS2. The minimum Gasteiger partial charge on any atom is -0.493 e. The summed E-state index contributed by atoms with van der Waals surface area (Å²) in [4.78, 5) is 4.52. The number of rotatable bonds is 2. The van der Waals surface area contributed by atoms with Gasteiger partial charge in [-0.1, -0.05) is 18.2 Å². The molecule has 0 aliphatic carbocycles. The van der Waals surface area contributed by atoms with Gasteiger partial charge >= 0.3 is 6.18 Å². The van der Waals surface area contributed by atoms with Crippen molar-refractivity contribution < 1.29 is 17.9 Å². The Balaban J connectivity index is 0.000000376. The Hall–Kier alpha value is -2.49. The summed E-state index contributed by atoms with van der Waals surface area (Å²) in [5, 5.41) is 5.70. The van der Waals surface area contributed by atoms with Crippen molar-refractivity contribution in [1.82, 2.24) is 10.3 Å². The Morgan fingerprint density at radius 2 is 1.97 bits per heavy atom. The molecule has 0 saturated carbocycles. The highest BCUT2D eigenvalue weighted by atomic mass is 32.1. The first-order chi connectivity index (χ1) is 15.8. The monoisotopic (exact) mass is 491 g/mol. The third kappa shape index (κ3) is 5.72. The zero-order valence-corrected chi connectivity index (χ0v) is 19.4. The fourth-order valence-corrected chi connectivity index (χ4v) is 4.69. The van der Waals surface area contributed by atoms with E-state index in [1.807, 2.05) is 29.7 Å². The van der Waals surface area contributed by atoms with Crippen LogP contribution >= 0.6 is 24.0 Å². The highest BCUT2D eigenvalue weighted by molar-refractivity contribution is 7.80. The first kappa shape index (κ1) is 23.7. The van der Waals surface area contributed by atoms with E-state index in [1.165, 1.54) is 23.5 Å². The van der Waals surface area contributed by atoms with E-state index in [0.29, 0.717) is 23.8 Å². The van der Waals surface area contributed by atoms with Crippen molar-refractivity contribution in [3.05, 3.63) is 76.3 Å². The maximum atomic E-state index is 13.3. The van der Waals surface area contributed by atoms with Crippen LogP contribution in [0.2, 0.25) is 0 Å². The summed E-state index contributed by atoms with van der Waals surface area (Å²) >= 11 is 5.81. The van der Waals surface area contributed by atoms with Crippen LogP contribution in [-0.2, 0) is 6.18 Å². The summed E-state index contributed by atoms with van der Waals surface area (Å²) in [6, 6.07) is 9.90. The van der Waals surface area contributed by atoms with Gasteiger partial charge in [0.25, 0.3) is 0 Å². The number of nitrogen functional groups attached to an aromatic ring is 1. The van der Waals surface area contributed by atoms with Crippen molar-refractivity contribution in [3.8, 4) is 5.75 Å². The van der Waals surface area contributed by atoms with E-state index >= 15 is 0 Å². The van der Waals surface area contributed by atoms with Gasteiger partial charge in [0.1, 0.15) is 5.75 Å². The van der Waals surface area contributed by atoms with E-state index in [4.69, 9.17) is 10.5 Å². The standard InChI is InChI=1S/C21H20F3NOS.C3H4N2S/c22-21(23,24)14-1-3-16(19(11-14)13-5-8-25-9-6-13)17-7-10-26-20-12-15(27)2-4-18(17)20;4-3-5-1-2-6-3/h1-5,11-12,17,25,27H,6-10H2;1-2H,(H2,4,5). The van der Waals surface area contributed by atoms with Gasteiger partial charge in [0.2, 0.25) is 0 Å². The number of fused-ring (bicyclic) bond motifs is 1. The Morgan fingerprint density at radius 1 is 1.15 bits per heavy atom. The molecule has 174 valence electrons. The van der Waals surface area contributed by atoms with E-state index in [0.717, 1.165) is 46.7 Å². The molecule has 2 aliphatic heterocycles. The zero-order chi connectivity index (χ0) is 23.4. The number of hydrogen-bond acceptors (Lipinski definition) is 6. The second-order valence-electron chi connectivity index (χ2n) is 7.77. The lowest BCUT2D eigenvalue weighted by Gasteiger charge is -2.29. The molecule has 3 heterocycles. The average molecular weight is 492 g/mol. The van der Waals surface area contributed by atoms with Crippen LogP contribution in [0.3, 0.4) is 0 Å². The largest absolute Gasteiger partial charge is 0.493 e. The SMILES string of the molecule is FC(F)(F)c1ccc(C2CCOc3cc(S)ccc32)c(C2=CCNCC2)c1.Nc1nccs1. The van der Waals surface area contributed by atoms with Crippen LogP contribution < -0.4 is 15.8 Å². The van der Waals surface area contributed by atoms with Crippen LogP contribution in [0.5, 0.6) is 5.75 Å². The molecule has 2 aliphatic rings. The Kier molecular flexibility index (Phi) is 7.31. The lowest BCUT2D eigenvalue weighted by molar-refractivity contribution is -0.137. The number of nitrogens with two attached hydrogens (primary N) is 1. The van der Waals surface area contributed by atoms with E-state index in [1.54, 1.807) is 12.3 Å². The van der Waals surface area contributed by atoms with Crippen molar-refractivity contribution in [2.24, 2.45) is 0 Å². The van der Waals surface area contributed by atoms with Gasteiger partial charge in [0, 0.05) is 34.5 Å². The molecule has 2 aromatic carbocycles. The number of halogens is 3. The summed E-state index contributed by atoms with van der Waals surface area (Å²) in [6.45, 7) is 1.99. The minimum absolute atomic E-state index is 0.00996. The van der Waals surface area contributed by atoms with Crippen LogP contribution in [-0.4, -0.2) is 24.7 Å². The fraction of sp³-hybridized carbons (Fsp3) is 0.292. The van der Waals surface area contributed by atoms with Crippen LogP contribution in [0.15, 0.2) is 58.9 Å². The summed E-state index contributed by atoms with van der Waals surface area (Å²) in [6.07, 6.45) is 0.789. The topological polar surface area (TPSA) is 60.2 Å². The second kappa shape index (κ2) is 10.2. The Labute approximate surface area is 200 Å². The number of alkyl halides is 3. The minimum atomic E-state index is -4.35. The van der Waals surface area contributed by atoms with Crippen LogP contribution in [0.1, 0.15) is 41.0 Å². The number of thiazole rings is 1. The van der Waals surface area contributed by atoms with Gasteiger partial charge in [-0.05, 0) is 60.4 Å². The van der Waals surface area contributed by atoms with Gasteiger partial charge in [0.15, 0.2) is 5.13 Å². The van der Waals surface area contributed by atoms with Crippen molar-refractivity contribution in [1.29, 1.82) is 0 Å². The van der Waals surface area contributed by atoms with Crippen molar-refractivity contribution in [2.75, 3.05) is 25.4 Å². The van der Waals surface area contributed by atoms with Gasteiger partial charge in [-0.2, -0.15) is 13.2 Å². The smallest absolute Gasteiger partial charge is 0.416 e. The molecule has 4 nitrogen and oxygen atoms in total. The van der Waals surface area contributed by atoms with E-state index in [-0.39, 0.29) is 5.92 Å². The second-order valence-corrected chi connectivity index (χ2v) is 9.21. The third-order valence-corrected chi connectivity index (χ3v) is 6.54. The number of nitrogens with one attached hydrogen (secondary N) is 1. The molecule has 0 spiro atoms. The van der Waals surface area contributed by atoms with Crippen LogP contribution in [0.25, 0.3) is 5.57 Å². The first-order valence-electron chi connectivity index (χ1n) is 10.5. The lowest BCUT2D eigenvalue weighted by atomic mass is 9.81. The number of anilines is 1. The van der Waals surface area contributed by atoms with Gasteiger partial charge in [-0.3, -0.25) is 0 Å². The molecule has 5 rings (SSSR count). The first-order valence-corrected chi connectivity index (χ1v) is 11.9.